The number of ether oxygens (including phenoxy) is 1. The topological polar surface area (TPSA) is 45.2 Å². The van der Waals surface area contributed by atoms with Gasteiger partial charge in [0.1, 0.15) is 5.60 Å². The minimum atomic E-state index is -0.663. The Morgan fingerprint density at radius 2 is 2.42 bits per heavy atom. The number of rotatable bonds is 2. The molecule has 0 aliphatic heterocycles. The maximum absolute atomic E-state index is 9.96. The average molecular weight is 167 g/mol. The normalized spacial score (nSPS) is 34.7. The third-order valence-electron chi connectivity index (χ3n) is 2.56. The van der Waals surface area contributed by atoms with E-state index in [-0.39, 0.29) is 6.10 Å². The van der Waals surface area contributed by atoms with Crippen molar-refractivity contribution in [2.75, 3.05) is 7.11 Å². The van der Waals surface area contributed by atoms with E-state index in [1.54, 1.807) is 7.11 Å². The quantitative estimate of drug-likeness (QED) is 0.690. The fourth-order valence-corrected chi connectivity index (χ4v) is 1.70. The third-order valence-corrected chi connectivity index (χ3v) is 2.56. The summed E-state index contributed by atoms with van der Waals surface area (Å²) in [4.78, 5) is 3.02. The molecule has 0 saturated heterocycles. The zero-order valence-electron chi connectivity index (χ0n) is 7.08. The number of aromatic nitrogens is 1. The highest BCUT2D eigenvalue weighted by Crippen LogP contribution is 2.41. The van der Waals surface area contributed by atoms with E-state index in [0.29, 0.717) is 12.8 Å². The van der Waals surface area contributed by atoms with Crippen LogP contribution in [0.1, 0.15) is 18.5 Å². The van der Waals surface area contributed by atoms with Crippen LogP contribution in [0, 0.1) is 0 Å². The van der Waals surface area contributed by atoms with Crippen LogP contribution in [0.2, 0.25) is 0 Å². The van der Waals surface area contributed by atoms with E-state index < -0.39 is 5.60 Å². The predicted octanol–water partition coefficient (Wildman–Crippen LogP) is 1.01. The van der Waals surface area contributed by atoms with Crippen molar-refractivity contribution >= 4 is 0 Å². The van der Waals surface area contributed by atoms with E-state index in [2.05, 4.69) is 4.98 Å². The van der Waals surface area contributed by atoms with Crippen LogP contribution in [0.5, 0.6) is 0 Å². The van der Waals surface area contributed by atoms with Gasteiger partial charge in [0.25, 0.3) is 0 Å². The molecule has 2 N–H and O–H groups in total. The number of hydrogen-bond acceptors (Lipinski definition) is 2. The Bertz CT molecular complexity index is 250. The van der Waals surface area contributed by atoms with Crippen LogP contribution in [0.25, 0.3) is 0 Å². The molecule has 1 aliphatic carbocycles. The second kappa shape index (κ2) is 2.61. The molecular formula is C9H13NO2. The molecule has 1 aliphatic rings. The smallest absolute Gasteiger partial charge is 0.109 e. The van der Waals surface area contributed by atoms with Crippen LogP contribution in [0.4, 0.5) is 0 Å². The van der Waals surface area contributed by atoms with Gasteiger partial charge in [0.2, 0.25) is 0 Å². The summed E-state index contributed by atoms with van der Waals surface area (Å²) in [5, 5.41) is 9.96. The minimum absolute atomic E-state index is 0.221. The molecule has 0 amide bonds. The van der Waals surface area contributed by atoms with Gasteiger partial charge in [-0.05, 0) is 12.1 Å². The number of aromatic amines is 1. The number of nitrogens with one attached hydrogen (secondary N) is 1. The molecule has 3 heteroatoms. The van der Waals surface area contributed by atoms with Crippen molar-refractivity contribution in [2.24, 2.45) is 0 Å². The lowest BCUT2D eigenvalue weighted by atomic mass is 9.75. The summed E-state index contributed by atoms with van der Waals surface area (Å²) in [6, 6.07) is 3.80. The van der Waals surface area contributed by atoms with Crippen LogP contribution in [0.15, 0.2) is 18.3 Å². The number of aliphatic hydroxyl groups is 1. The summed E-state index contributed by atoms with van der Waals surface area (Å²) >= 11 is 0. The molecule has 2 rings (SSSR count). The molecule has 1 aromatic heterocycles. The van der Waals surface area contributed by atoms with Gasteiger partial charge in [-0.2, -0.15) is 0 Å². The molecule has 1 saturated carbocycles. The predicted molar refractivity (Wildman–Crippen MR) is 44.7 cm³/mol. The number of hydrogen-bond donors (Lipinski definition) is 2. The zero-order chi connectivity index (χ0) is 8.60. The molecule has 12 heavy (non-hydrogen) atoms. The summed E-state index contributed by atoms with van der Waals surface area (Å²) in [7, 11) is 1.68. The summed E-state index contributed by atoms with van der Waals surface area (Å²) in [5.74, 6) is 0. The Hall–Kier alpha value is -0.800. The molecule has 1 heterocycles. The average Bonchev–Trinajstić information content (AvgIpc) is 2.50. The first-order chi connectivity index (χ1) is 5.74. The second-order valence-electron chi connectivity index (χ2n) is 3.38. The van der Waals surface area contributed by atoms with E-state index in [1.165, 1.54) is 0 Å². The van der Waals surface area contributed by atoms with Crippen LogP contribution < -0.4 is 0 Å². The van der Waals surface area contributed by atoms with Gasteiger partial charge in [0, 0.05) is 31.8 Å². The first-order valence-corrected chi connectivity index (χ1v) is 4.14. The molecule has 0 spiro atoms. The van der Waals surface area contributed by atoms with Crippen molar-refractivity contribution in [1.29, 1.82) is 0 Å². The first kappa shape index (κ1) is 7.83. The Morgan fingerprint density at radius 3 is 2.92 bits per heavy atom. The molecule has 3 nitrogen and oxygen atoms in total. The van der Waals surface area contributed by atoms with Crippen LogP contribution in [-0.2, 0) is 10.3 Å². The summed E-state index contributed by atoms with van der Waals surface area (Å²) in [6.07, 6.45) is 3.44. The molecule has 0 bridgehead atoms. The second-order valence-corrected chi connectivity index (χ2v) is 3.38. The fourth-order valence-electron chi connectivity index (χ4n) is 1.70. The van der Waals surface area contributed by atoms with E-state index in [0.717, 1.165) is 5.69 Å². The van der Waals surface area contributed by atoms with E-state index >= 15 is 0 Å². The summed E-state index contributed by atoms with van der Waals surface area (Å²) < 4.78 is 5.11. The van der Waals surface area contributed by atoms with E-state index in [4.69, 9.17) is 4.74 Å². The van der Waals surface area contributed by atoms with Gasteiger partial charge in [-0.25, -0.2) is 0 Å². The van der Waals surface area contributed by atoms with Gasteiger partial charge >= 0.3 is 0 Å². The lowest BCUT2D eigenvalue weighted by Crippen LogP contribution is -2.45. The number of H-pyrrole nitrogens is 1. The van der Waals surface area contributed by atoms with Crippen LogP contribution in [-0.4, -0.2) is 23.3 Å². The Balaban J connectivity index is 2.07. The maximum Gasteiger partial charge on any atom is 0.109 e. The lowest BCUT2D eigenvalue weighted by Gasteiger charge is -2.42. The summed E-state index contributed by atoms with van der Waals surface area (Å²) in [5.41, 5.74) is 0.236. The van der Waals surface area contributed by atoms with Gasteiger partial charge in [0.05, 0.1) is 6.10 Å². The minimum Gasteiger partial charge on any atom is -0.383 e. The maximum atomic E-state index is 9.96. The monoisotopic (exact) mass is 167 g/mol. The molecule has 0 unspecified atom stereocenters. The van der Waals surface area contributed by atoms with Crippen molar-refractivity contribution in [1.82, 2.24) is 4.98 Å². The van der Waals surface area contributed by atoms with Crippen LogP contribution in [0.3, 0.4) is 0 Å². The molecule has 1 fully saturated rings. The SMILES string of the molecule is COC1CC(O)(c2ccc[nH]2)C1. The molecule has 1 aromatic rings. The largest absolute Gasteiger partial charge is 0.383 e. The first-order valence-electron chi connectivity index (χ1n) is 4.14. The van der Waals surface area contributed by atoms with Crippen molar-refractivity contribution < 1.29 is 9.84 Å². The highest BCUT2D eigenvalue weighted by molar-refractivity contribution is 5.18. The lowest BCUT2D eigenvalue weighted by molar-refractivity contribution is -0.135. The van der Waals surface area contributed by atoms with Crippen molar-refractivity contribution in [3.8, 4) is 0 Å². The van der Waals surface area contributed by atoms with Crippen molar-refractivity contribution in [3.63, 3.8) is 0 Å². The van der Waals surface area contributed by atoms with Crippen molar-refractivity contribution in [2.45, 2.75) is 24.5 Å². The van der Waals surface area contributed by atoms with Gasteiger partial charge in [-0.3, -0.25) is 0 Å². The highest BCUT2D eigenvalue weighted by Gasteiger charge is 2.44. The Labute approximate surface area is 71.4 Å². The van der Waals surface area contributed by atoms with Gasteiger partial charge in [0.15, 0.2) is 0 Å². The summed E-state index contributed by atoms with van der Waals surface area (Å²) in [6.45, 7) is 0. The molecule has 66 valence electrons. The van der Waals surface area contributed by atoms with Gasteiger partial charge in [-0.15, -0.1) is 0 Å². The van der Waals surface area contributed by atoms with Crippen LogP contribution >= 0.6 is 0 Å². The standard InChI is InChI=1S/C9H13NO2/c1-12-7-5-9(11,6-7)8-3-2-4-10-8/h2-4,7,10-11H,5-6H2,1H3. The Morgan fingerprint density at radius 1 is 1.67 bits per heavy atom. The molecule has 0 atom stereocenters. The van der Waals surface area contributed by atoms with E-state index in [1.807, 2.05) is 18.3 Å². The van der Waals surface area contributed by atoms with Gasteiger partial charge in [-0.1, -0.05) is 0 Å². The molecule has 0 aromatic carbocycles. The van der Waals surface area contributed by atoms with Crippen molar-refractivity contribution in [3.05, 3.63) is 24.0 Å². The zero-order valence-corrected chi connectivity index (χ0v) is 7.08. The molecular weight excluding hydrogens is 154 g/mol. The molecule has 0 radical (unpaired) electrons. The highest BCUT2D eigenvalue weighted by atomic mass is 16.5. The van der Waals surface area contributed by atoms with Gasteiger partial charge < -0.3 is 14.8 Å². The third kappa shape index (κ3) is 1.06. The fraction of sp³-hybridized carbons (Fsp3) is 0.556. The van der Waals surface area contributed by atoms with E-state index in [9.17, 15) is 5.11 Å². The Kier molecular flexibility index (Phi) is 1.70. The number of methoxy groups -OCH3 is 1.